The van der Waals surface area contributed by atoms with E-state index in [-0.39, 0.29) is 63.1 Å². The highest BCUT2D eigenvalue weighted by atomic mass is 16.6. The summed E-state index contributed by atoms with van der Waals surface area (Å²) in [6, 6.07) is 10.4. The predicted octanol–water partition coefficient (Wildman–Crippen LogP) is 6.56. The Balaban J connectivity index is 1.09. The molecule has 28 nitrogen and oxygen atoms in total. The molecular weight excluding hydrogens is 1180 g/mol. The van der Waals surface area contributed by atoms with Gasteiger partial charge in [-0.3, -0.25) is 0 Å². The lowest BCUT2D eigenvalue weighted by Gasteiger charge is -2.37. The summed E-state index contributed by atoms with van der Waals surface area (Å²) in [5.41, 5.74) is -3.58. The molecule has 462 valence electrons. The standard InChI is InChI=1S/C61H50O28/c62-31-17-32(63)25(57-24(31)1-2-45(85-57)19-3-35(66)50(78)36(67)4-19)13-28-48(76)29(59-30(49(28)77)16-47(56(89-59)21-7-39(70)52(80)40(71)8-21)87-61(84)23-11-43(74)54(82)44(75)12-23)14-26-33(64)18-34(65)27-15-46(86-60(83)22-9-41(72)53(81)42(73)10-22)55(88-58(26)27)20-5-37(68)51(79)38(69)6-20/h3-12,17-18,45-47,55-56,62-82H,1-2,13-16H2/t45-,46+,47+,55+,56+/m0/s1. The van der Waals surface area contributed by atoms with Crippen LogP contribution in [0.4, 0.5) is 0 Å². The minimum Gasteiger partial charge on any atom is -0.507 e. The van der Waals surface area contributed by atoms with Crippen molar-refractivity contribution in [3.63, 3.8) is 0 Å². The Kier molecular flexibility index (Phi) is 14.3. The van der Waals surface area contributed by atoms with E-state index in [1.54, 1.807) is 0 Å². The SMILES string of the molecule is O=C(O[C@@H]1Cc2c(O)cc(O)c(Cc3c(O)c(Cc4c(O)cc(O)c5c4O[C@H](c4cc(O)c(O)c(O)c4)CC5)c(O)c4c3O[C@H](c3cc(O)c(O)c(O)c3)[C@H](OC(=O)c3cc(O)c(O)c(O)c3)C4)c2O[C@@H]1c1cc(O)c(O)c(O)c1)c1cc(O)c(O)c(O)c1. The monoisotopic (exact) mass is 1230 g/mol. The van der Waals surface area contributed by atoms with Gasteiger partial charge in [0.15, 0.2) is 98.5 Å². The molecule has 0 unspecified atom stereocenters. The third kappa shape index (κ3) is 10.3. The van der Waals surface area contributed by atoms with Crippen LogP contribution in [0, 0.1) is 0 Å². The molecule has 21 N–H and O–H groups in total. The summed E-state index contributed by atoms with van der Waals surface area (Å²) in [5, 5.41) is 228. The number of phenols is 21. The molecule has 3 heterocycles. The molecule has 0 fully saturated rings. The molecule has 8 aromatic carbocycles. The summed E-state index contributed by atoms with van der Waals surface area (Å²) in [6.45, 7) is 0. The summed E-state index contributed by atoms with van der Waals surface area (Å²) in [7, 11) is 0. The molecule has 0 saturated heterocycles. The van der Waals surface area contributed by atoms with Crippen LogP contribution in [0.2, 0.25) is 0 Å². The van der Waals surface area contributed by atoms with Gasteiger partial charge in [0, 0.05) is 87.9 Å². The van der Waals surface area contributed by atoms with Gasteiger partial charge in [0.25, 0.3) is 0 Å². The van der Waals surface area contributed by atoms with E-state index >= 15 is 0 Å². The zero-order valence-corrected chi connectivity index (χ0v) is 45.3. The van der Waals surface area contributed by atoms with Gasteiger partial charge in [-0.1, -0.05) is 0 Å². The van der Waals surface area contributed by atoms with Crippen molar-refractivity contribution < 1.29 is 141 Å². The molecule has 8 aromatic rings. The van der Waals surface area contributed by atoms with Gasteiger partial charge in [0.05, 0.1) is 11.1 Å². The first kappa shape index (κ1) is 58.7. The predicted molar refractivity (Wildman–Crippen MR) is 296 cm³/mol. The van der Waals surface area contributed by atoms with Crippen LogP contribution in [-0.4, -0.2) is 131 Å². The minimum atomic E-state index is -1.78. The number of esters is 2. The zero-order valence-electron chi connectivity index (χ0n) is 45.3. The first-order valence-corrected chi connectivity index (χ1v) is 26.5. The Morgan fingerprint density at radius 2 is 0.674 bits per heavy atom. The van der Waals surface area contributed by atoms with Crippen molar-refractivity contribution in [3.05, 3.63) is 140 Å². The van der Waals surface area contributed by atoms with Crippen molar-refractivity contribution in [2.75, 3.05) is 0 Å². The molecule has 0 saturated carbocycles. The molecule has 3 aliphatic heterocycles. The maximum absolute atomic E-state index is 14.0. The second-order valence-corrected chi connectivity index (χ2v) is 21.2. The summed E-state index contributed by atoms with van der Waals surface area (Å²) in [5.74, 6) is -22.1. The number of carbonyl (C=O) groups excluding carboxylic acids is 2. The fourth-order valence-electron chi connectivity index (χ4n) is 11.1. The lowest BCUT2D eigenvalue weighted by atomic mass is 9.85. The van der Waals surface area contributed by atoms with E-state index in [9.17, 15) is 117 Å². The van der Waals surface area contributed by atoms with Crippen LogP contribution in [0.3, 0.4) is 0 Å². The van der Waals surface area contributed by atoms with Crippen molar-refractivity contribution in [2.45, 2.75) is 69.0 Å². The number of ether oxygens (including phenoxy) is 5. The molecule has 0 spiro atoms. The second-order valence-electron chi connectivity index (χ2n) is 21.2. The Labute approximate surface area is 497 Å². The van der Waals surface area contributed by atoms with E-state index in [1.165, 1.54) is 0 Å². The fraction of sp³-hybridized carbons (Fsp3) is 0.180. The Morgan fingerprint density at radius 1 is 0.337 bits per heavy atom. The van der Waals surface area contributed by atoms with E-state index in [1.807, 2.05) is 0 Å². The molecule has 3 aliphatic rings. The van der Waals surface area contributed by atoms with Gasteiger partial charge in [-0.05, 0) is 79.1 Å². The average molecular weight is 1230 g/mol. The molecule has 0 radical (unpaired) electrons. The van der Waals surface area contributed by atoms with Crippen molar-refractivity contribution in [1.82, 2.24) is 0 Å². The van der Waals surface area contributed by atoms with Crippen LogP contribution in [0.15, 0.2) is 72.8 Å². The molecule has 0 aliphatic carbocycles. The van der Waals surface area contributed by atoms with E-state index in [4.69, 9.17) is 23.7 Å². The van der Waals surface area contributed by atoms with E-state index < -0.39 is 223 Å². The first-order chi connectivity index (χ1) is 42.1. The summed E-state index contributed by atoms with van der Waals surface area (Å²) < 4.78 is 31.1. The van der Waals surface area contributed by atoms with Gasteiger partial charge < -0.3 is 131 Å². The van der Waals surface area contributed by atoms with E-state index in [0.29, 0.717) is 0 Å². The number of rotatable bonds is 11. The maximum atomic E-state index is 14.0. The Morgan fingerprint density at radius 3 is 1.09 bits per heavy atom. The average Bonchev–Trinajstić information content (AvgIpc) is 1.04. The number of benzene rings is 8. The topological polar surface area (TPSA) is 505 Å². The van der Waals surface area contributed by atoms with Crippen LogP contribution in [0.5, 0.6) is 138 Å². The van der Waals surface area contributed by atoms with Crippen LogP contribution < -0.4 is 14.2 Å². The van der Waals surface area contributed by atoms with Gasteiger partial charge in [-0.2, -0.15) is 0 Å². The minimum absolute atomic E-state index is 0.00417. The van der Waals surface area contributed by atoms with E-state index in [2.05, 4.69) is 0 Å². The lowest BCUT2D eigenvalue weighted by molar-refractivity contribution is -0.0194. The number of carbonyl (C=O) groups is 2. The van der Waals surface area contributed by atoms with Gasteiger partial charge in [0.1, 0.15) is 70.1 Å². The fourth-order valence-corrected chi connectivity index (χ4v) is 11.1. The highest BCUT2D eigenvalue weighted by Crippen LogP contribution is 2.57. The summed E-state index contributed by atoms with van der Waals surface area (Å²) in [4.78, 5) is 27.8. The Hall–Kier alpha value is -12.1. The highest BCUT2D eigenvalue weighted by Gasteiger charge is 2.44. The number of aromatic hydroxyl groups is 21. The van der Waals surface area contributed by atoms with Crippen LogP contribution in [0.25, 0.3) is 0 Å². The molecule has 28 heteroatoms. The van der Waals surface area contributed by atoms with Gasteiger partial charge >= 0.3 is 11.9 Å². The summed E-state index contributed by atoms with van der Waals surface area (Å²) in [6.07, 6.45) is -10.8. The molecule has 5 atom stereocenters. The van der Waals surface area contributed by atoms with Gasteiger partial charge in [-0.15, -0.1) is 0 Å². The number of hydrogen-bond acceptors (Lipinski definition) is 28. The maximum Gasteiger partial charge on any atom is 0.338 e. The molecule has 11 rings (SSSR count). The van der Waals surface area contributed by atoms with Crippen molar-refractivity contribution >= 4 is 11.9 Å². The second kappa shape index (κ2) is 21.8. The number of hydrogen-bond donors (Lipinski definition) is 21. The quantitative estimate of drug-likeness (QED) is 0.0481. The number of phenolic OH excluding ortho intramolecular Hbond substituents is 21. The molecule has 0 aromatic heterocycles. The van der Waals surface area contributed by atoms with Crippen LogP contribution in [-0.2, 0) is 41.6 Å². The van der Waals surface area contributed by atoms with Crippen molar-refractivity contribution in [3.8, 4) is 138 Å². The third-order valence-corrected chi connectivity index (χ3v) is 15.6. The molecule has 0 amide bonds. The largest absolute Gasteiger partial charge is 0.507 e. The van der Waals surface area contributed by atoms with Crippen molar-refractivity contribution in [1.29, 1.82) is 0 Å². The first-order valence-electron chi connectivity index (χ1n) is 26.5. The van der Waals surface area contributed by atoms with Crippen molar-refractivity contribution in [2.24, 2.45) is 0 Å². The zero-order chi connectivity index (χ0) is 64.1. The number of fused-ring (bicyclic) bond motifs is 3. The van der Waals surface area contributed by atoms with E-state index in [0.717, 1.165) is 72.8 Å². The van der Waals surface area contributed by atoms with Gasteiger partial charge in [-0.25, -0.2) is 9.59 Å². The van der Waals surface area contributed by atoms with Crippen LogP contribution in [0.1, 0.15) is 101 Å². The Bertz CT molecular complexity index is 4190. The molecular formula is C61H50O28. The van der Waals surface area contributed by atoms with Gasteiger partial charge in [0.2, 0.25) is 0 Å². The summed E-state index contributed by atoms with van der Waals surface area (Å²) >= 11 is 0. The smallest absolute Gasteiger partial charge is 0.338 e. The third-order valence-electron chi connectivity index (χ3n) is 15.6. The molecule has 89 heavy (non-hydrogen) atoms. The normalized spacial score (nSPS) is 17.4. The van der Waals surface area contributed by atoms with Crippen LogP contribution >= 0.6 is 0 Å². The highest BCUT2D eigenvalue weighted by molar-refractivity contribution is 5.92. The lowest BCUT2D eigenvalue weighted by Crippen LogP contribution is -2.36. The molecule has 0 bridgehead atoms.